The minimum absolute atomic E-state index is 0.00228. The van der Waals surface area contributed by atoms with Crippen molar-refractivity contribution in [2.45, 2.75) is 33.0 Å². The first-order valence-corrected chi connectivity index (χ1v) is 8.55. The molecule has 1 aliphatic heterocycles. The van der Waals surface area contributed by atoms with Crippen LogP contribution in [0.2, 0.25) is 0 Å². The van der Waals surface area contributed by atoms with Gasteiger partial charge in [0.1, 0.15) is 18.2 Å². The van der Waals surface area contributed by atoms with E-state index in [1.54, 1.807) is 6.07 Å². The maximum atomic E-state index is 12.8. The number of aryl methyl sites for hydroxylation is 1. The SMILES string of the molecule is Cc1ncc2c(n1)CN(Cc1nc3ccccc3c(=O)n1CC#N)CC2. The molecule has 0 atom stereocenters. The fraction of sp³-hybridized carbons (Fsp3) is 0.316. The van der Waals surface area contributed by atoms with E-state index in [0.29, 0.717) is 29.8 Å². The molecular weight excluding hydrogens is 328 g/mol. The van der Waals surface area contributed by atoms with Crippen LogP contribution < -0.4 is 5.56 Å². The van der Waals surface area contributed by atoms with E-state index in [1.807, 2.05) is 31.3 Å². The van der Waals surface area contributed by atoms with Crippen molar-refractivity contribution in [3.8, 4) is 6.07 Å². The molecule has 0 fully saturated rings. The normalized spacial score (nSPS) is 14.2. The van der Waals surface area contributed by atoms with Crippen LogP contribution in [0.3, 0.4) is 0 Å². The van der Waals surface area contributed by atoms with E-state index in [9.17, 15) is 4.79 Å². The Morgan fingerprint density at radius 1 is 1.27 bits per heavy atom. The highest BCUT2D eigenvalue weighted by atomic mass is 16.1. The molecule has 0 N–H and O–H groups in total. The Morgan fingerprint density at radius 3 is 2.96 bits per heavy atom. The standard InChI is InChI=1S/C19H18N6O/c1-13-21-10-14-6-8-24(11-17(14)22-13)12-18-23-16-5-3-2-4-15(16)19(26)25(18)9-7-20/h2-5,10H,6,8-9,11-12H2,1H3. The monoisotopic (exact) mass is 346 g/mol. The first-order valence-electron chi connectivity index (χ1n) is 8.55. The molecule has 0 saturated heterocycles. The van der Waals surface area contributed by atoms with E-state index in [1.165, 1.54) is 10.1 Å². The van der Waals surface area contributed by atoms with Gasteiger partial charge in [-0.15, -0.1) is 0 Å². The molecule has 4 rings (SSSR count). The topological polar surface area (TPSA) is 87.7 Å². The third kappa shape index (κ3) is 2.95. The summed E-state index contributed by atoms with van der Waals surface area (Å²) < 4.78 is 1.48. The van der Waals surface area contributed by atoms with Crippen LogP contribution in [0.25, 0.3) is 10.9 Å². The van der Waals surface area contributed by atoms with Gasteiger partial charge in [0.05, 0.1) is 29.2 Å². The van der Waals surface area contributed by atoms with Crippen LogP contribution in [-0.4, -0.2) is 31.0 Å². The maximum Gasteiger partial charge on any atom is 0.262 e. The Balaban J connectivity index is 1.70. The number of nitriles is 1. The van der Waals surface area contributed by atoms with Crippen LogP contribution >= 0.6 is 0 Å². The Bertz CT molecular complexity index is 1080. The lowest BCUT2D eigenvalue weighted by molar-refractivity contribution is 0.231. The number of fused-ring (bicyclic) bond motifs is 2. The summed E-state index contributed by atoms with van der Waals surface area (Å²) in [5.41, 5.74) is 2.70. The molecular formula is C19H18N6O. The van der Waals surface area contributed by atoms with E-state index in [4.69, 9.17) is 5.26 Å². The average molecular weight is 346 g/mol. The second-order valence-electron chi connectivity index (χ2n) is 6.44. The molecule has 7 heteroatoms. The van der Waals surface area contributed by atoms with Gasteiger partial charge in [-0.05, 0) is 31.0 Å². The van der Waals surface area contributed by atoms with Gasteiger partial charge in [0.25, 0.3) is 5.56 Å². The Hall–Kier alpha value is -3.11. The van der Waals surface area contributed by atoms with E-state index < -0.39 is 0 Å². The van der Waals surface area contributed by atoms with Crippen molar-refractivity contribution >= 4 is 10.9 Å². The molecule has 0 spiro atoms. The highest BCUT2D eigenvalue weighted by Crippen LogP contribution is 2.18. The lowest BCUT2D eigenvalue weighted by atomic mass is 10.1. The van der Waals surface area contributed by atoms with Gasteiger partial charge >= 0.3 is 0 Å². The molecule has 7 nitrogen and oxygen atoms in total. The van der Waals surface area contributed by atoms with Crippen molar-refractivity contribution < 1.29 is 0 Å². The minimum Gasteiger partial charge on any atom is -0.290 e. The largest absolute Gasteiger partial charge is 0.290 e. The molecule has 0 unspecified atom stereocenters. The maximum absolute atomic E-state index is 12.8. The van der Waals surface area contributed by atoms with Crippen LogP contribution in [0.4, 0.5) is 0 Å². The van der Waals surface area contributed by atoms with Gasteiger partial charge < -0.3 is 0 Å². The quantitative estimate of drug-likeness (QED) is 0.715. The lowest BCUT2D eigenvalue weighted by Gasteiger charge is -2.28. The molecule has 3 heterocycles. The molecule has 2 aromatic heterocycles. The summed E-state index contributed by atoms with van der Waals surface area (Å²) in [7, 11) is 0. The summed E-state index contributed by atoms with van der Waals surface area (Å²) >= 11 is 0. The second-order valence-corrected chi connectivity index (χ2v) is 6.44. The van der Waals surface area contributed by atoms with Crippen LogP contribution in [-0.2, 0) is 26.1 Å². The van der Waals surface area contributed by atoms with E-state index in [2.05, 4.69) is 25.9 Å². The number of hydrogen-bond donors (Lipinski definition) is 0. The summed E-state index contributed by atoms with van der Waals surface area (Å²) in [4.78, 5) is 28.4. The number of hydrogen-bond acceptors (Lipinski definition) is 6. The molecule has 0 bridgehead atoms. The third-order valence-electron chi connectivity index (χ3n) is 4.68. The van der Waals surface area contributed by atoms with Gasteiger partial charge in [0.2, 0.25) is 0 Å². The van der Waals surface area contributed by atoms with E-state index >= 15 is 0 Å². The predicted molar refractivity (Wildman–Crippen MR) is 96.2 cm³/mol. The van der Waals surface area contributed by atoms with Gasteiger partial charge in [-0.3, -0.25) is 14.3 Å². The zero-order chi connectivity index (χ0) is 18.1. The van der Waals surface area contributed by atoms with Gasteiger partial charge in [-0.1, -0.05) is 12.1 Å². The van der Waals surface area contributed by atoms with Gasteiger partial charge in [0.15, 0.2) is 0 Å². The molecule has 130 valence electrons. The molecule has 26 heavy (non-hydrogen) atoms. The van der Waals surface area contributed by atoms with Crippen LogP contribution in [0.1, 0.15) is 22.9 Å². The van der Waals surface area contributed by atoms with Gasteiger partial charge in [-0.25, -0.2) is 15.0 Å². The summed E-state index contributed by atoms with van der Waals surface area (Å²) in [5.74, 6) is 1.38. The molecule has 1 aliphatic rings. The van der Waals surface area contributed by atoms with Gasteiger partial charge in [-0.2, -0.15) is 5.26 Å². The molecule has 0 amide bonds. The summed E-state index contributed by atoms with van der Waals surface area (Å²) in [6.45, 7) is 3.92. The zero-order valence-corrected chi connectivity index (χ0v) is 14.5. The zero-order valence-electron chi connectivity index (χ0n) is 14.5. The smallest absolute Gasteiger partial charge is 0.262 e. The summed E-state index contributed by atoms with van der Waals surface area (Å²) in [6.07, 6.45) is 2.76. The Labute approximate surface area is 150 Å². The summed E-state index contributed by atoms with van der Waals surface area (Å²) in [6, 6.07) is 9.33. The first-order chi connectivity index (χ1) is 12.7. The molecule has 0 aliphatic carbocycles. The average Bonchev–Trinajstić information content (AvgIpc) is 2.64. The Morgan fingerprint density at radius 2 is 2.12 bits per heavy atom. The first kappa shape index (κ1) is 16.4. The summed E-state index contributed by atoms with van der Waals surface area (Å²) in [5, 5.41) is 9.68. The molecule has 0 saturated carbocycles. The highest BCUT2D eigenvalue weighted by Gasteiger charge is 2.20. The number of aromatic nitrogens is 4. The molecule has 0 radical (unpaired) electrons. The second kappa shape index (κ2) is 6.65. The lowest BCUT2D eigenvalue weighted by Crippen LogP contribution is -2.35. The number of nitrogens with zero attached hydrogens (tertiary/aromatic N) is 6. The van der Waals surface area contributed by atoms with E-state index in [0.717, 1.165) is 24.5 Å². The van der Waals surface area contributed by atoms with Crippen molar-refractivity contribution in [3.63, 3.8) is 0 Å². The van der Waals surface area contributed by atoms with Crippen molar-refractivity contribution in [1.82, 2.24) is 24.4 Å². The van der Waals surface area contributed by atoms with Crippen molar-refractivity contribution in [2.75, 3.05) is 6.54 Å². The van der Waals surface area contributed by atoms with Crippen molar-refractivity contribution in [2.24, 2.45) is 0 Å². The molecule has 3 aromatic rings. The minimum atomic E-state index is -0.164. The number of benzene rings is 1. The van der Waals surface area contributed by atoms with E-state index in [-0.39, 0.29) is 12.1 Å². The van der Waals surface area contributed by atoms with Crippen LogP contribution in [0, 0.1) is 18.3 Å². The van der Waals surface area contributed by atoms with Crippen LogP contribution in [0.15, 0.2) is 35.3 Å². The Kier molecular flexibility index (Phi) is 4.19. The molecule has 1 aromatic carbocycles. The fourth-order valence-corrected chi connectivity index (χ4v) is 3.36. The van der Waals surface area contributed by atoms with Crippen molar-refractivity contribution in [3.05, 3.63) is 63.7 Å². The highest BCUT2D eigenvalue weighted by molar-refractivity contribution is 5.77. The van der Waals surface area contributed by atoms with Crippen LogP contribution in [0.5, 0.6) is 0 Å². The number of para-hydroxylation sites is 1. The number of rotatable bonds is 3. The van der Waals surface area contributed by atoms with Gasteiger partial charge in [0, 0.05) is 19.3 Å². The fourth-order valence-electron chi connectivity index (χ4n) is 3.36. The third-order valence-corrected chi connectivity index (χ3v) is 4.68. The predicted octanol–water partition coefficient (Wildman–Crippen LogP) is 1.58. The van der Waals surface area contributed by atoms with Crippen molar-refractivity contribution in [1.29, 1.82) is 5.26 Å².